The number of furan rings is 1. The smallest absolute Gasteiger partial charge is 0.230 e. The fourth-order valence-corrected chi connectivity index (χ4v) is 2.18. The molecule has 0 spiro atoms. The fourth-order valence-electron chi connectivity index (χ4n) is 2.18. The molecule has 0 unspecified atom stereocenters. The Bertz CT molecular complexity index is 743. The number of aromatic nitrogens is 1. The SMILES string of the molecule is COc1ccccc1-c1c(-c2coc(C)c2)noc1N. The molecule has 2 N–H and O–H groups in total. The molecule has 0 fully saturated rings. The molecule has 0 radical (unpaired) electrons. The minimum atomic E-state index is 0.253. The number of hydrogen-bond acceptors (Lipinski definition) is 5. The zero-order valence-corrected chi connectivity index (χ0v) is 11.2. The molecule has 102 valence electrons. The molecule has 5 heteroatoms. The van der Waals surface area contributed by atoms with Gasteiger partial charge in [-0.05, 0) is 19.1 Å². The highest BCUT2D eigenvalue weighted by Crippen LogP contribution is 2.40. The zero-order chi connectivity index (χ0) is 14.1. The van der Waals surface area contributed by atoms with Gasteiger partial charge in [-0.25, -0.2) is 0 Å². The lowest BCUT2D eigenvalue weighted by Gasteiger charge is -2.07. The minimum Gasteiger partial charge on any atom is -0.496 e. The molecule has 2 aromatic heterocycles. The van der Waals surface area contributed by atoms with Crippen LogP contribution >= 0.6 is 0 Å². The van der Waals surface area contributed by atoms with Crippen LogP contribution in [-0.2, 0) is 0 Å². The standard InChI is InChI=1S/C15H14N2O3/c1-9-7-10(8-19-9)14-13(15(16)20-17-14)11-5-3-4-6-12(11)18-2/h3-8H,16H2,1-2H3. The second kappa shape index (κ2) is 4.77. The van der Waals surface area contributed by atoms with Crippen molar-refractivity contribution >= 4 is 5.88 Å². The van der Waals surface area contributed by atoms with Gasteiger partial charge in [0, 0.05) is 11.1 Å². The summed E-state index contributed by atoms with van der Waals surface area (Å²) in [6.45, 7) is 1.87. The second-order valence-corrected chi connectivity index (χ2v) is 4.42. The van der Waals surface area contributed by atoms with Crippen LogP contribution in [0.4, 0.5) is 5.88 Å². The van der Waals surface area contributed by atoms with Gasteiger partial charge in [-0.3, -0.25) is 0 Å². The van der Waals surface area contributed by atoms with E-state index in [9.17, 15) is 0 Å². The molecule has 0 aliphatic carbocycles. The van der Waals surface area contributed by atoms with Gasteiger partial charge in [0.25, 0.3) is 0 Å². The van der Waals surface area contributed by atoms with Crippen LogP contribution in [0.3, 0.4) is 0 Å². The molecule has 0 atom stereocenters. The van der Waals surface area contributed by atoms with E-state index in [2.05, 4.69) is 5.16 Å². The Labute approximate surface area is 115 Å². The molecule has 3 rings (SSSR count). The predicted octanol–water partition coefficient (Wildman–Crippen LogP) is 3.50. The van der Waals surface area contributed by atoms with E-state index in [1.807, 2.05) is 37.3 Å². The first-order chi connectivity index (χ1) is 9.70. The van der Waals surface area contributed by atoms with Crippen molar-refractivity contribution in [3.63, 3.8) is 0 Å². The van der Waals surface area contributed by atoms with Crippen LogP contribution in [-0.4, -0.2) is 12.3 Å². The Hall–Kier alpha value is -2.69. The summed E-state index contributed by atoms with van der Waals surface area (Å²) in [5.41, 5.74) is 8.94. The van der Waals surface area contributed by atoms with Crippen molar-refractivity contribution < 1.29 is 13.7 Å². The van der Waals surface area contributed by atoms with E-state index in [0.717, 1.165) is 16.9 Å². The lowest BCUT2D eigenvalue weighted by molar-refractivity contribution is 0.416. The van der Waals surface area contributed by atoms with Gasteiger partial charge >= 0.3 is 0 Å². The number of para-hydroxylation sites is 1. The predicted molar refractivity (Wildman–Crippen MR) is 75.3 cm³/mol. The first-order valence-corrected chi connectivity index (χ1v) is 6.14. The van der Waals surface area contributed by atoms with E-state index in [-0.39, 0.29) is 5.88 Å². The van der Waals surface area contributed by atoms with E-state index in [4.69, 9.17) is 19.4 Å². The average Bonchev–Trinajstić information content (AvgIpc) is 3.04. The molecule has 0 saturated heterocycles. The van der Waals surface area contributed by atoms with Gasteiger partial charge in [0.15, 0.2) is 0 Å². The van der Waals surface area contributed by atoms with E-state index in [1.54, 1.807) is 13.4 Å². The monoisotopic (exact) mass is 270 g/mol. The zero-order valence-electron chi connectivity index (χ0n) is 11.2. The van der Waals surface area contributed by atoms with Gasteiger partial charge in [-0.15, -0.1) is 0 Å². The third-order valence-corrected chi connectivity index (χ3v) is 3.10. The van der Waals surface area contributed by atoms with E-state index < -0.39 is 0 Å². The Morgan fingerprint density at radius 2 is 2.05 bits per heavy atom. The molecule has 3 aromatic rings. The summed E-state index contributed by atoms with van der Waals surface area (Å²) in [5.74, 6) is 1.76. The highest BCUT2D eigenvalue weighted by atomic mass is 16.5. The third-order valence-electron chi connectivity index (χ3n) is 3.10. The van der Waals surface area contributed by atoms with Crippen LogP contribution in [0, 0.1) is 6.92 Å². The highest BCUT2D eigenvalue weighted by Gasteiger charge is 2.21. The summed E-state index contributed by atoms with van der Waals surface area (Å²) in [4.78, 5) is 0. The first kappa shape index (κ1) is 12.3. The van der Waals surface area contributed by atoms with Crippen molar-refractivity contribution in [3.05, 3.63) is 42.4 Å². The van der Waals surface area contributed by atoms with Crippen molar-refractivity contribution in [2.45, 2.75) is 6.92 Å². The van der Waals surface area contributed by atoms with Crippen LogP contribution in [0.5, 0.6) is 5.75 Å². The maximum atomic E-state index is 5.93. The van der Waals surface area contributed by atoms with Crippen molar-refractivity contribution in [1.82, 2.24) is 5.16 Å². The maximum absolute atomic E-state index is 5.93. The number of anilines is 1. The van der Waals surface area contributed by atoms with Crippen molar-refractivity contribution in [2.24, 2.45) is 0 Å². The number of nitrogens with zero attached hydrogens (tertiary/aromatic N) is 1. The van der Waals surface area contributed by atoms with E-state index >= 15 is 0 Å². The van der Waals surface area contributed by atoms with Crippen LogP contribution in [0.25, 0.3) is 22.4 Å². The summed E-state index contributed by atoms with van der Waals surface area (Å²) >= 11 is 0. The van der Waals surface area contributed by atoms with Gasteiger partial charge in [-0.2, -0.15) is 0 Å². The van der Waals surface area contributed by atoms with Gasteiger partial charge in [-0.1, -0.05) is 23.4 Å². The largest absolute Gasteiger partial charge is 0.496 e. The van der Waals surface area contributed by atoms with E-state index in [1.165, 1.54) is 0 Å². The van der Waals surface area contributed by atoms with Crippen LogP contribution in [0.1, 0.15) is 5.76 Å². The number of methoxy groups -OCH3 is 1. The van der Waals surface area contributed by atoms with Crippen molar-refractivity contribution in [2.75, 3.05) is 12.8 Å². The Kier molecular flexibility index (Phi) is 2.95. The summed E-state index contributed by atoms with van der Waals surface area (Å²) in [5, 5.41) is 4.04. The molecule has 1 aromatic carbocycles. The quantitative estimate of drug-likeness (QED) is 0.788. The number of hydrogen-bond donors (Lipinski definition) is 1. The molecule has 5 nitrogen and oxygen atoms in total. The molecule has 0 aliphatic heterocycles. The molecule has 20 heavy (non-hydrogen) atoms. The molecular weight excluding hydrogens is 256 g/mol. The molecule has 0 bridgehead atoms. The van der Waals surface area contributed by atoms with Crippen LogP contribution in [0.15, 0.2) is 45.5 Å². The lowest BCUT2D eigenvalue weighted by atomic mass is 10.0. The van der Waals surface area contributed by atoms with Gasteiger partial charge in [0.1, 0.15) is 23.5 Å². The summed E-state index contributed by atoms with van der Waals surface area (Å²) in [7, 11) is 1.62. The molecule has 2 heterocycles. The summed E-state index contributed by atoms with van der Waals surface area (Å²) in [6.07, 6.45) is 1.63. The number of aryl methyl sites for hydroxylation is 1. The van der Waals surface area contributed by atoms with E-state index in [0.29, 0.717) is 17.0 Å². The molecular formula is C15H14N2O3. The van der Waals surface area contributed by atoms with Gasteiger partial charge in [0.2, 0.25) is 5.88 Å². The van der Waals surface area contributed by atoms with Gasteiger partial charge in [0.05, 0.1) is 12.7 Å². The van der Waals surface area contributed by atoms with Crippen LogP contribution < -0.4 is 10.5 Å². The number of benzene rings is 1. The third kappa shape index (κ3) is 1.93. The minimum absolute atomic E-state index is 0.253. The molecule has 0 saturated carbocycles. The number of ether oxygens (including phenoxy) is 1. The topological polar surface area (TPSA) is 74.4 Å². The Balaban J connectivity index is 2.21. The highest BCUT2D eigenvalue weighted by molar-refractivity contribution is 5.89. The second-order valence-electron chi connectivity index (χ2n) is 4.42. The van der Waals surface area contributed by atoms with Gasteiger partial charge < -0.3 is 19.4 Å². The molecule has 0 aliphatic rings. The number of rotatable bonds is 3. The molecule has 0 amide bonds. The number of nitrogens with two attached hydrogens (primary N) is 1. The average molecular weight is 270 g/mol. The normalized spacial score (nSPS) is 10.7. The Morgan fingerprint density at radius 3 is 2.75 bits per heavy atom. The Morgan fingerprint density at radius 1 is 1.25 bits per heavy atom. The lowest BCUT2D eigenvalue weighted by Crippen LogP contribution is -1.91. The number of nitrogen functional groups attached to an aromatic ring is 1. The first-order valence-electron chi connectivity index (χ1n) is 6.14. The van der Waals surface area contributed by atoms with Crippen LogP contribution in [0.2, 0.25) is 0 Å². The summed E-state index contributed by atoms with van der Waals surface area (Å²) < 4.78 is 15.8. The summed E-state index contributed by atoms with van der Waals surface area (Å²) in [6, 6.07) is 9.48. The maximum Gasteiger partial charge on any atom is 0.230 e. The van der Waals surface area contributed by atoms with Crippen molar-refractivity contribution in [1.29, 1.82) is 0 Å². The van der Waals surface area contributed by atoms with Crippen molar-refractivity contribution in [3.8, 4) is 28.1 Å². The fraction of sp³-hybridized carbons (Fsp3) is 0.133.